The number of para-hydroxylation sites is 2. The number of piperidine rings is 1. The third-order valence-corrected chi connectivity index (χ3v) is 7.00. The molecule has 4 aromatic rings. The van der Waals surface area contributed by atoms with Crippen LogP contribution in [0.15, 0.2) is 35.4 Å². The van der Waals surface area contributed by atoms with E-state index in [1.807, 2.05) is 28.8 Å². The first-order valence-electron chi connectivity index (χ1n) is 11.6. The van der Waals surface area contributed by atoms with Crippen LogP contribution in [0.5, 0.6) is 0 Å². The second-order valence-electron chi connectivity index (χ2n) is 9.04. The Morgan fingerprint density at radius 1 is 1.12 bits per heavy atom. The summed E-state index contributed by atoms with van der Waals surface area (Å²) in [5, 5.41) is 0. The number of aromatic nitrogens is 6. The van der Waals surface area contributed by atoms with Gasteiger partial charge < -0.3 is 19.4 Å². The van der Waals surface area contributed by atoms with E-state index in [0.29, 0.717) is 43.0 Å². The first-order valence-corrected chi connectivity index (χ1v) is 11.6. The molecular formula is C23H25FN8O2. The normalized spacial score (nSPS) is 19.5. The molecule has 2 saturated heterocycles. The van der Waals surface area contributed by atoms with Gasteiger partial charge in [0.05, 0.1) is 17.6 Å². The number of benzene rings is 1. The van der Waals surface area contributed by atoms with E-state index in [4.69, 9.17) is 0 Å². The highest BCUT2D eigenvalue weighted by Crippen LogP contribution is 2.30. The van der Waals surface area contributed by atoms with Gasteiger partial charge in [0.1, 0.15) is 12.5 Å². The van der Waals surface area contributed by atoms with Crippen LogP contribution < -0.4 is 10.6 Å². The first kappa shape index (κ1) is 20.8. The Balaban J connectivity index is 1.27. The number of aromatic amines is 1. The van der Waals surface area contributed by atoms with Crippen molar-refractivity contribution in [2.45, 2.75) is 31.5 Å². The van der Waals surface area contributed by atoms with Crippen molar-refractivity contribution in [1.29, 1.82) is 0 Å². The molecule has 0 saturated carbocycles. The first-order chi connectivity index (χ1) is 16.5. The maximum Gasteiger partial charge on any atom is 0.326 e. The predicted molar refractivity (Wildman–Crippen MR) is 125 cm³/mol. The van der Waals surface area contributed by atoms with Crippen LogP contribution in [0, 0.1) is 0 Å². The molecule has 5 heterocycles. The largest absolute Gasteiger partial charge is 0.355 e. The molecule has 1 atom stereocenters. The maximum absolute atomic E-state index is 13.6. The zero-order valence-corrected chi connectivity index (χ0v) is 18.8. The molecule has 2 fully saturated rings. The number of aryl methyl sites for hydroxylation is 1. The SMILES string of the molecule is Cn1c(C(=O)N2CCC(F)C2)nc2c(N3CCC(n4c(=O)[nH]c5ccccc54)CC3)ncnc21. The number of imidazole rings is 2. The summed E-state index contributed by atoms with van der Waals surface area (Å²) < 4.78 is 17.1. The van der Waals surface area contributed by atoms with E-state index >= 15 is 0 Å². The molecule has 0 radical (unpaired) electrons. The molecule has 1 amide bonds. The van der Waals surface area contributed by atoms with E-state index in [-0.39, 0.29) is 30.0 Å². The van der Waals surface area contributed by atoms with Crippen molar-refractivity contribution in [2.75, 3.05) is 31.1 Å². The molecule has 1 aromatic carbocycles. The van der Waals surface area contributed by atoms with Gasteiger partial charge in [-0.15, -0.1) is 0 Å². The van der Waals surface area contributed by atoms with Gasteiger partial charge in [0.15, 0.2) is 17.0 Å². The lowest BCUT2D eigenvalue weighted by Crippen LogP contribution is -2.37. The molecule has 2 aliphatic rings. The monoisotopic (exact) mass is 464 g/mol. The molecule has 1 unspecified atom stereocenters. The lowest BCUT2D eigenvalue weighted by Gasteiger charge is -2.33. The quantitative estimate of drug-likeness (QED) is 0.498. The molecule has 0 aliphatic carbocycles. The zero-order chi connectivity index (χ0) is 23.4. The van der Waals surface area contributed by atoms with Gasteiger partial charge in [-0.05, 0) is 31.4 Å². The van der Waals surface area contributed by atoms with Crippen molar-refractivity contribution in [1.82, 2.24) is 34.0 Å². The number of halogens is 1. The van der Waals surface area contributed by atoms with Crippen LogP contribution in [0.2, 0.25) is 0 Å². The van der Waals surface area contributed by atoms with Gasteiger partial charge in [0, 0.05) is 32.7 Å². The van der Waals surface area contributed by atoms with Crippen LogP contribution in [0.3, 0.4) is 0 Å². The Kier molecular flexibility index (Phi) is 4.85. The molecule has 176 valence electrons. The van der Waals surface area contributed by atoms with Crippen LogP contribution in [0.25, 0.3) is 22.2 Å². The summed E-state index contributed by atoms with van der Waals surface area (Å²) in [5.74, 6) is 0.629. The Labute approximate surface area is 194 Å². The molecule has 2 aliphatic heterocycles. The van der Waals surface area contributed by atoms with Crippen molar-refractivity contribution >= 4 is 33.9 Å². The number of amides is 1. The van der Waals surface area contributed by atoms with Gasteiger partial charge in [-0.25, -0.2) is 24.1 Å². The fraction of sp³-hybridized carbons (Fsp3) is 0.435. The van der Waals surface area contributed by atoms with E-state index in [0.717, 1.165) is 23.9 Å². The van der Waals surface area contributed by atoms with Crippen LogP contribution in [0.1, 0.15) is 35.9 Å². The van der Waals surface area contributed by atoms with Gasteiger partial charge in [-0.1, -0.05) is 12.1 Å². The van der Waals surface area contributed by atoms with Crippen molar-refractivity contribution in [2.24, 2.45) is 7.05 Å². The number of hydrogen-bond acceptors (Lipinski definition) is 6. The lowest BCUT2D eigenvalue weighted by molar-refractivity contribution is 0.0767. The number of H-pyrrole nitrogens is 1. The van der Waals surface area contributed by atoms with Crippen molar-refractivity contribution in [3.8, 4) is 0 Å². The number of hydrogen-bond donors (Lipinski definition) is 1. The van der Waals surface area contributed by atoms with Gasteiger partial charge in [-0.3, -0.25) is 9.36 Å². The van der Waals surface area contributed by atoms with Crippen molar-refractivity contribution < 1.29 is 9.18 Å². The Bertz CT molecular complexity index is 1450. The zero-order valence-electron chi connectivity index (χ0n) is 18.8. The Morgan fingerprint density at radius 2 is 1.91 bits per heavy atom. The molecule has 1 N–H and O–H groups in total. The Hall–Kier alpha value is -3.76. The minimum Gasteiger partial charge on any atom is -0.355 e. The molecule has 10 nitrogen and oxygen atoms in total. The third-order valence-electron chi connectivity index (χ3n) is 7.00. The summed E-state index contributed by atoms with van der Waals surface area (Å²) in [5.41, 5.74) is 2.80. The standard InChI is InChI=1S/C23H25FN8O2/c1-29-19-18(28-21(29)22(33)31-9-6-14(24)12-31)20(26-13-25-19)30-10-7-15(8-11-30)32-17-5-3-2-4-16(17)27-23(32)34/h2-5,13-15H,6-12H2,1H3,(H,27,34). The molecule has 34 heavy (non-hydrogen) atoms. The van der Waals surface area contributed by atoms with E-state index in [1.54, 1.807) is 11.6 Å². The van der Waals surface area contributed by atoms with Crippen molar-refractivity contribution in [3.05, 3.63) is 46.9 Å². The fourth-order valence-corrected chi connectivity index (χ4v) is 5.23. The summed E-state index contributed by atoms with van der Waals surface area (Å²) in [4.78, 5) is 45.6. The third kappa shape index (κ3) is 3.25. The van der Waals surface area contributed by atoms with Gasteiger partial charge in [0.2, 0.25) is 5.82 Å². The number of nitrogens with one attached hydrogen (secondary N) is 1. The number of rotatable bonds is 3. The van der Waals surface area contributed by atoms with Gasteiger partial charge in [0.25, 0.3) is 5.91 Å². The van der Waals surface area contributed by atoms with Gasteiger partial charge in [-0.2, -0.15) is 0 Å². The highest BCUT2D eigenvalue weighted by atomic mass is 19.1. The number of fused-ring (bicyclic) bond motifs is 2. The topological polar surface area (TPSA) is 105 Å². The fourth-order valence-electron chi connectivity index (χ4n) is 5.23. The number of alkyl halides is 1. The van der Waals surface area contributed by atoms with E-state index < -0.39 is 6.17 Å². The van der Waals surface area contributed by atoms with Crippen LogP contribution in [0.4, 0.5) is 10.2 Å². The average Bonchev–Trinajstić information content (AvgIpc) is 3.53. The summed E-state index contributed by atoms with van der Waals surface area (Å²) in [6, 6.07) is 7.81. The van der Waals surface area contributed by atoms with Crippen LogP contribution in [-0.2, 0) is 7.05 Å². The summed E-state index contributed by atoms with van der Waals surface area (Å²) in [7, 11) is 1.75. The number of carbonyl (C=O) groups is 1. The number of anilines is 1. The predicted octanol–water partition coefficient (Wildman–Crippen LogP) is 2.03. The number of likely N-dealkylation sites (tertiary alicyclic amines) is 1. The summed E-state index contributed by atoms with van der Waals surface area (Å²) >= 11 is 0. The second kappa shape index (κ2) is 7.93. The molecule has 3 aromatic heterocycles. The molecule has 11 heteroatoms. The van der Waals surface area contributed by atoms with Crippen LogP contribution >= 0.6 is 0 Å². The molecule has 0 spiro atoms. The van der Waals surface area contributed by atoms with Gasteiger partial charge >= 0.3 is 5.69 Å². The average molecular weight is 465 g/mol. The van der Waals surface area contributed by atoms with E-state index in [2.05, 4.69) is 24.8 Å². The molecular weight excluding hydrogens is 439 g/mol. The number of nitrogens with zero attached hydrogens (tertiary/aromatic N) is 7. The van der Waals surface area contributed by atoms with E-state index in [1.165, 1.54) is 11.2 Å². The Morgan fingerprint density at radius 3 is 2.68 bits per heavy atom. The minimum absolute atomic E-state index is 0.0851. The highest BCUT2D eigenvalue weighted by Gasteiger charge is 2.31. The smallest absolute Gasteiger partial charge is 0.326 e. The minimum atomic E-state index is -0.986. The molecule has 6 rings (SSSR count). The van der Waals surface area contributed by atoms with Crippen molar-refractivity contribution in [3.63, 3.8) is 0 Å². The van der Waals surface area contributed by atoms with Crippen LogP contribution in [-0.4, -0.2) is 72.2 Å². The summed E-state index contributed by atoms with van der Waals surface area (Å²) in [6.07, 6.45) is 2.40. The highest BCUT2D eigenvalue weighted by molar-refractivity contribution is 5.96. The summed E-state index contributed by atoms with van der Waals surface area (Å²) in [6.45, 7) is 1.88. The molecule has 0 bridgehead atoms. The second-order valence-corrected chi connectivity index (χ2v) is 9.04. The lowest BCUT2D eigenvalue weighted by atomic mass is 10.0. The number of carbonyl (C=O) groups excluding carboxylic acids is 1. The van der Waals surface area contributed by atoms with E-state index in [9.17, 15) is 14.0 Å². The maximum atomic E-state index is 13.6.